The number of para-hydroxylation sites is 1. The van der Waals surface area contributed by atoms with Crippen molar-refractivity contribution in [1.82, 2.24) is 4.57 Å². The fraction of sp³-hybridized carbons (Fsp3) is 0.208. The lowest BCUT2D eigenvalue weighted by Gasteiger charge is -2.22. The van der Waals surface area contributed by atoms with Crippen LogP contribution in [0.4, 0.5) is 10.1 Å². The van der Waals surface area contributed by atoms with Crippen LogP contribution in [-0.2, 0) is 12.8 Å². The maximum atomic E-state index is 13.4. The number of fused-ring (bicyclic) bond motifs is 1. The molecule has 1 amide bonds. The second-order valence-electron chi connectivity index (χ2n) is 7.28. The second kappa shape index (κ2) is 8.06. The van der Waals surface area contributed by atoms with Crippen LogP contribution in [0, 0.1) is 5.82 Å². The Kier molecular flexibility index (Phi) is 5.31. The Labute approximate surface area is 173 Å². The van der Waals surface area contributed by atoms with Gasteiger partial charge in [-0.3, -0.25) is 19.0 Å². The fourth-order valence-electron chi connectivity index (χ4n) is 3.86. The van der Waals surface area contributed by atoms with E-state index in [1.54, 1.807) is 6.07 Å². The van der Waals surface area contributed by atoms with E-state index in [-0.39, 0.29) is 11.3 Å². The number of ketones is 1. The molecule has 1 aliphatic carbocycles. The minimum Gasteiger partial charge on any atom is -0.322 e. The number of rotatable bonds is 4. The van der Waals surface area contributed by atoms with Crippen molar-refractivity contribution in [1.29, 1.82) is 0 Å². The SMILES string of the molecule is CCc1ccccc1NC(=O)c1cc2c(n(-c3ccc(F)cc3)c1=O)CCCC2=O. The topological polar surface area (TPSA) is 68.2 Å². The number of amides is 1. The number of Topliss-reactive ketones (excluding diaryl/α,β-unsaturated/α-hetero) is 1. The van der Waals surface area contributed by atoms with Crippen molar-refractivity contribution in [2.75, 3.05) is 5.32 Å². The molecule has 0 atom stereocenters. The molecule has 5 nitrogen and oxygen atoms in total. The predicted molar refractivity (Wildman–Crippen MR) is 113 cm³/mol. The standard InChI is InChI=1S/C24H21FN2O3/c1-2-15-6-3-4-7-20(15)26-23(29)19-14-18-21(8-5-9-22(18)28)27(24(19)30)17-12-10-16(25)11-13-17/h3-4,6-7,10-14H,2,5,8-9H2,1H3,(H,26,29). The molecule has 0 fully saturated rings. The molecular formula is C24H21FN2O3. The first-order chi connectivity index (χ1) is 14.5. The third-order valence-corrected chi connectivity index (χ3v) is 5.40. The molecule has 0 saturated carbocycles. The number of hydrogen-bond donors (Lipinski definition) is 1. The highest BCUT2D eigenvalue weighted by molar-refractivity contribution is 6.07. The van der Waals surface area contributed by atoms with E-state index in [4.69, 9.17) is 0 Å². The maximum Gasteiger partial charge on any atom is 0.268 e. The lowest BCUT2D eigenvalue weighted by Crippen LogP contribution is -2.33. The van der Waals surface area contributed by atoms with Crippen LogP contribution in [0.5, 0.6) is 0 Å². The number of halogens is 1. The summed E-state index contributed by atoms with van der Waals surface area (Å²) in [6.45, 7) is 1.98. The van der Waals surface area contributed by atoms with Crippen LogP contribution < -0.4 is 10.9 Å². The van der Waals surface area contributed by atoms with Gasteiger partial charge in [0.1, 0.15) is 11.4 Å². The van der Waals surface area contributed by atoms with Gasteiger partial charge in [0.25, 0.3) is 11.5 Å². The molecule has 30 heavy (non-hydrogen) atoms. The summed E-state index contributed by atoms with van der Waals surface area (Å²) < 4.78 is 14.8. The Balaban J connectivity index is 1.86. The van der Waals surface area contributed by atoms with Gasteiger partial charge in [0.2, 0.25) is 0 Å². The third kappa shape index (κ3) is 3.56. The zero-order valence-corrected chi connectivity index (χ0v) is 16.6. The van der Waals surface area contributed by atoms with E-state index < -0.39 is 17.3 Å². The summed E-state index contributed by atoms with van der Waals surface area (Å²) in [5.74, 6) is -1.10. The van der Waals surface area contributed by atoms with Crippen molar-refractivity contribution in [2.24, 2.45) is 0 Å². The number of pyridine rings is 1. The molecule has 0 saturated heterocycles. The quantitative estimate of drug-likeness (QED) is 0.705. The van der Waals surface area contributed by atoms with Crippen LogP contribution in [0.25, 0.3) is 5.69 Å². The Morgan fingerprint density at radius 3 is 2.53 bits per heavy atom. The first kappa shape index (κ1) is 19.8. The molecule has 0 unspecified atom stereocenters. The smallest absolute Gasteiger partial charge is 0.268 e. The van der Waals surface area contributed by atoms with Crippen LogP contribution >= 0.6 is 0 Å². The number of carbonyl (C=O) groups excluding carboxylic acids is 2. The van der Waals surface area contributed by atoms with E-state index in [2.05, 4.69) is 5.32 Å². The van der Waals surface area contributed by atoms with Crippen molar-refractivity contribution in [3.05, 3.63) is 93.2 Å². The van der Waals surface area contributed by atoms with Crippen molar-refractivity contribution in [2.45, 2.75) is 32.6 Å². The molecule has 0 spiro atoms. The number of aryl methyl sites for hydroxylation is 1. The molecule has 1 heterocycles. The van der Waals surface area contributed by atoms with Gasteiger partial charge >= 0.3 is 0 Å². The molecule has 2 aromatic carbocycles. The van der Waals surface area contributed by atoms with Crippen molar-refractivity contribution in [3.8, 4) is 5.69 Å². The van der Waals surface area contributed by atoms with Crippen LogP contribution in [0.1, 0.15) is 51.7 Å². The first-order valence-electron chi connectivity index (χ1n) is 9.97. The number of aromatic nitrogens is 1. The van der Waals surface area contributed by atoms with Crippen LogP contribution in [0.3, 0.4) is 0 Å². The van der Waals surface area contributed by atoms with E-state index in [0.29, 0.717) is 41.9 Å². The van der Waals surface area contributed by atoms with Crippen molar-refractivity contribution < 1.29 is 14.0 Å². The first-order valence-corrected chi connectivity index (χ1v) is 9.97. The minimum absolute atomic E-state index is 0.102. The molecular weight excluding hydrogens is 383 g/mol. The van der Waals surface area contributed by atoms with E-state index in [1.807, 2.05) is 25.1 Å². The average molecular weight is 404 g/mol. The minimum atomic E-state index is -0.571. The monoisotopic (exact) mass is 404 g/mol. The van der Waals surface area contributed by atoms with Gasteiger partial charge in [-0.1, -0.05) is 25.1 Å². The summed E-state index contributed by atoms with van der Waals surface area (Å²) >= 11 is 0. The van der Waals surface area contributed by atoms with Gasteiger partial charge < -0.3 is 5.32 Å². The van der Waals surface area contributed by atoms with Crippen LogP contribution in [0.15, 0.2) is 59.4 Å². The summed E-state index contributed by atoms with van der Waals surface area (Å²) in [6.07, 6.45) is 2.25. The number of nitrogens with one attached hydrogen (secondary N) is 1. The number of benzene rings is 2. The molecule has 1 aliphatic rings. The number of nitrogens with zero attached hydrogens (tertiary/aromatic N) is 1. The molecule has 1 aromatic heterocycles. The van der Waals surface area contributed by atoms with Gasteiger partial charge in [0, 0.05) is 29.1 Å². The zero-order chi connectivity index (χ0) is 21.3. The highest BCUT2D eigenvalue weighted by atomic mass is 19.1. The fourth-order valence-corrected chi connectivity index (χ4v) is 3.86. The van der Waals surface area contributed by atoms with E-state index in [0.717, 1.165) is 12.0 Å². The number of anilines is 1. The van der Waals surface area contributed by atoms with Gasteiger partial charge in [-0.25, -0.2) is 4.39 Å². The summed E-state index contributed by atoms with van der Waals surface area (Å²) in [7, 11) is 0. The zero-order valence-electron chi connectivity index (χ0n) is 16.6. The van der Waals surface area contributed by atoms with Gasteiger partial charge in [0.15, 0.2) is 5.78 Å². The van der Waals surface area contributed by atoms with Crippen molar-refractivity contribution >= 4 is 17.4 Å². The second-order valence-corrected chi connectivity index (χ2v) is 7.28. The normalized spacial score (nSPS) is 13.1. The lowest BCUT2D eigenvalue weighted by atomic mass is 9.92. The Hall–Kier alpha value is -3.54. The predicted octanol–water partition coefficient (Wildman–Crippen LogP) is 4.31. The molecule has 4 rings (SSSR count). The Morgan fingerprint density at radius 2 is 1.80 bits per heavy atom. The third-order valence-electron chi connectivity index (χ3n) is 5.40. The van der Waals surface area contributed by atoms with Crippen LogP contribution in [0.2, 0.25) is 0 Å². The van der Waals surface area contributed by atoms with E-state index in [9.17, 15) is 18.8 Å². The molecule has 3 aromatic rings. The molecule has 0 bridgehead atoms. The van der Waals surface area contributed by atoms with Gasteiger partial charge in [0.05, 0.1) is 0 Å². The lowest BCUT2D eigenvalue weighted by molar-refractivity contribution is 0.0971. The molecule has 0 radical (unpaired) electrons. The molecule has 0 aliphatic heterocycles. The maximum absolute atomic E-state index is 13.4. The Bertz CT molecular complexity index is 1200. The van der Waals surface area contributed by atoms with Gasteiger partial charge in [-0.05, 0) is 61.2 Å². The summed E-state index contributed by atoms with van der Waals surface area (Å²) in [5, 5.41) is 2.80. The number of hydrogen-bond acceptors (Lipinski definition) is 3. The Morgan fingerprint density at radius 1 is 1.07 bits per heavy atom. The largest absolute Gasteiger partial charge is 0.322 e. The molecule has 6 heteroatoms. The molecule has 1 N–H and O–H groups in total. The van der Waals surface area contributed by atoms with E-state index >= 15 is 0 Å². The number of carbonyl (C=O) groups is 2. The summed E-state index contributed by atoms with van der Waals surface area (Å²) in [5.41, 5.74) is 2.30. The highest BCUT2D eigenvalue weighted by Gasteiger charge is 2.26. The van der Waals surface area contributed by atoms with E-state index in [1.165, 1.54) is 34.9 Å². The highest BCUT2D eigenvalue weighted by Crippen LogP contribution is 2.24. The van der Waals surface area contributed by atoms with Crippen LogP contribution in [-0.4, -0.2) is 16.3 Å². The van der Waals surface area contributed by atoms with Crippen molar-refractivity contribution in [3.63, 3.8) is 0 Å². The molecule has 152 valence electrons. The summed E-state index contributed by atoms with van der Waals surface area (Å²) in [4.78, 5) is 38.9. The summed E-state index contributed by atoms with van der Waals surface area (Å²) in [6, 6.07) is 14.2. The average Bonchev–Trinajstić information content (AvgIpc) is 2.75. The van der Waals surface area contributed by atoms with Gasteiger partial charge in [-0.2, -0.15) is 0 Å². The van der Waals surface area contributed by atoms with Gasteiger partial charge in [-0.15, -0.1) is 0 Å².